The van der Waals surface area contributed by atoms with Gasteiger partial charge >= 0.3 is 0 Å². The van der Waals surface area contributed by atoms with Crippen molar-refractivity contribution in [1.29, 1.82) is 0 Å². The van der Waals surface area contributed by atoms with E-state index < -0.39 is 66.3 Å². The predicted octanol–water partition coefficient (Wildman–Crippen LogP) is 4.84. The lowest BCUT2D eigenvalue weighted by atomic mass is 9.55. The fraction of sp³-hybridized carbons (Fsp3) is 0.758. The van der Waals surface area contributed by atoms with Gasteiger partial charge in [-0.3, -0.25) is 9.59 Å². The Morgan fingerprint density at radius 2 is 1.64 bits per heavy atom. The van der Waals surface area contributed by atoms with Crippen LogP contribution in [0.15, 0.2) is 24.3 Å². The molecule has 3 saturated carbocycles. The summed E-state index contributed by atoms with van der Waals surface area (Å²) < 4.78 is 25.0. The summed E-state index contributed by atoms with van der Waals surface area (Å²) in [5, 5.41) is 23.9. The molecule has 8 atom stereocenters. The Morgan fingerprint density at radius 3 is 2.19 bits per heavy atom. The molecule has 4 aliphatic rings. The van der Waals surface area contributed by atoms with Crippen LogP contribution < -0.4 is 4.74 Å². The molecule has 1 heterocycles. The molecule has 8 nitrogen and oxygen atoms in total. The summed E-state index contributed by atoms with van der Waals surface area (Å²) in [5.41, 5.74) is -4.01. The molecule has 0 radical (unpaired) electrons. The summed E-state index contributed by atoms with van der Waals surface area (Å²) in [5.74, 6) is -1.36. The molecule has 1 aromatic rings. The number of carbonyl (C=O) groups is 2. The van der Waals surface area contributed by atoms with E-state index >= 15 is 4.79 Å². The maximum Gasteiger partial charge on any atom is 0.193 e. The monoisotopic (exact) mass is 602 g/mol. The highest BCUT2D eigenvalue weighted by Gasteiger charge is 2.74. The molecule has 1 saturated heterocycles. The van der Waals surface area contributed by atoms with Crippen LogP contribution in [0.4, 0.5) is 0 Å². The Morgan fingerprint density at radius 1 is 1.02 bits per heavy atom. The van der Waals surface area contributed by atoms with Crippen molar-refractivity contribution >= 4 is 19.9 Å². The van der Waals surface area contributed by atoms with Crippen LogP contribution in [0.2, 0.25) is 18.1 Å². The highest BCUT2D eigenvalue weighted by Crippen LogP contribution is 2.63. The van der Waals surface area contributed by atoms with Crippen molar-refractivity contribution < 1.29 is 38.4 Å². The van der Waals surface area contributed by atoms with Gasteiger partial charge in [0.25, 0.3) is 0 Å². The molecule has 1 aromatic carbocycles. The van der Waals surface area contributed by atoms with Gasteiger partial charge in [0, 0.05) is 17.3 Å². The van der Waals surface area contributed by atoms with Crippen molar-refractivity contribution in [2.75, 3.05) is 13.7 Å². The number of hydrogen-bond donors (Lipinski definition) is 2. The number of Topliss-reactive ketones (excluding diaryl/α,β-unsaturated/α-hetero) is 2. The highest BCUT2D eigenvalue weighted by atomic mass is 28.4. The van der Waals surface area contributed by atoms with Crippen molar-refractivity contribution in [1.82, 2.24) is 0 Å². The van der Waals surface area contributed by atoms with Gasteiger partial charge in [0.1, 0.15) is 23.6 Å². The number of carbonyl (C=O) groups excluding carboxylic acids is 2. The third kappa shape index (κ3) is 4.65. The number of rotatable bonds is 6. The fourth-order valence-electron chi connectivity index (χ4n) is 7.94. The number of fused-ring (bicyclic) bond motifs is 4. The number of aliphatic hydroxyl groups excluding tert-OH is 1. The molecule has 1 aliphatic heterocycles. The maximum absolute atomic E-state index is 15.3. The van der Waals surface area contributed by atoms with Gasteiger partial charge in [-0.05, 0) is 68.4 Å². The van der Waals surface area contributed by atoms with Gasteiger partial charge in [0.2, 0.25) is 0 Å². The highest BCUT2D eigenvalue weighted by molar-refractivity contribution is 6.74. The minimum absolute atomic E-state index is 0.111. The van der Waals surface area contributed by atoms with E-state index in [1.54, 1.807) is 7.11 Å². The zero-order valence-electron chi connectivity index (χ0n) is 26.8. The molecule has 3 aliphatic carbocycles. The van der Waals surface area contributed by atoms with Gasteiger partial charge in [-0.2, -0.15) is 0 Å². The normalized spacial score (nSPS) is 39.8. The fourth-order valence-corrected chi connectivity index (χ4v) is 9.37. The smallest absolute Gasteiger partial charge is 0.193 e. The Balaban J connectivity index is 1.63. The van der Waals surface area contributed by atoms with E-state index in [2.05, 4.69) is 33.9 Å². The number of hydrogen-bond acceptors (Lipinski definition) is 8. The van der Waals surface area contributed by atoms with Crippen LogP contribution in [-0.2, 0) is 30.1 Å². The largest absolute Gasteiger partial charge is 0.497 e. The van der Waals surface area contributed by atoms with Crippen molar-refractivity contribution in [3.8, 4) is 5.75 Å². The third-order valence-corrected chi connectivity index (χ3v) is 16.5. The Bertz CT molecular complexity index is 1220. The van der Waals surface area contributed by atoms with E-state index in [-0.39, 0.29) is 23.8 Å². The second kappa shape index (κ2) is 10.2. The molecule has 9 heteroatoms. The zero-order valence-corrected chi connectivity index (χ0v) is 27.8. The molecule has 2 bridgehead atoms. The standard InChI is InChI=1S/C33H50O8Si/c1-29(2,3)42(8,9)41-23-15-16-32(19-40-32)26-24(34)27(35)33(37)17-14-22(30(33,4)5)25(28(36)31(23,26)6)39-18-20-10-12-21(38-7)13-11-20/h10-13,22-26,34,37H,14-19H2,1-9H3/t22-,23+,24+,25-,26+,31-,32-,33-/m1/s1. The van der Waals surface area contributed by atoms with Gasteiger partial charge in [-0.1, -0.05) is 46.8 Å². The number of methoxy groups -OCH3 is 1. The van der Waals surface area contributed by atoms with Gasteiger partial charge < -0.3 is 28.8 Å². The number of aliphatic hydroxyl groups is 2. The minimum atomic E-state index is -2.38. The first-order valence-corrected chi connectivity index (χ1v) is 18.3. The molecule has 234 valence electrons. The average Bonchev–Trinajstić information content (AvgIpc) is 3.64. The SMILES string of the molecule is COc1ccc(CO[C@H]2C(=O)[C@]3(C)[C@@H](O[Si](C)(C)C(C)(C)C)CC[C@@]4(CO4)[C@H]3[C@H](O)C(=O)[C@]3(O)CC[C@H]2C3(C)C)cc1. The summed E-state index contributed by atoms with van der Waals surface area (Å²) >= 11 is 0. The lowest BCUT2D eigenvalue weighted by Crippen LogP contribution is -2.66. The van der Waals surface area contributed by atoms with Crippen LogP contribution in [0.3, 0.4) is 0 Å². The second-order valence-corrected chi connectivity index (χ2v) is 20.3. The molecule has 0 aromatic heterocycles. The van der Waals surface area contributed by atoms with E-state index in [0.29, 0.717) is 25.9 Å². The first kappa shape index (κ1) is 31.8. The molecule has 2 N–H and O–H groups in total. The van der Waals surface area contributed by atoms with Crippen LogP contribution >= 0.6 is 0 Å². The average molecular weight is 603 g/mol. The summed E-state index contributed by atoms with van der Waals surface area (Å²) in [6.45, 7) is 16.9. The molecular weight excluding hydrogens is 552 g/mol. The van der Waals surface area contributed by atoms with Gasteiger partial charge in [-0.15, -0.1) is 0 Å². The van der Waals surface area contributed by atoms with Crippen molar-refractivity contribution in [3.05, 3.63) is 29.8 Å². The first-order chi connectivity index (χ1) is 19.4. The van der Waals surface area contributed by atoms with Crippen LogP contribution in [0.1, 0.15) is 72.8 Å². The van der Waals surface area contributed by atoms with Crippen LogP contribution in [0.5, 0.6) is 5.75 Å². The quantitative estimate of drug-likeness (QED) is 0.351. The van der Waals surface area contributed by atoms with Gasteiger partial charge in [0.15, 0.2) is 19.9 Å². The minimum Gasteiger partial charge on any atom is -0.497 e. The molecule has 4 fully saturated rings. The van der Waals surface area contributed by atoms with E-state index in [1.807, 2.05) is 45.0 Å². The number of benzene rings is 1. The van der Waals surface area contributed by atoms with Gasteiger partial charge in [0.05, 0.1) is 37.4 Å². The second-order valence-electron chi connectivity index (χ2n) is 15.5. The molecule has 5 rings (SSSR count). The predicted molar refractivity (Wildman–Crippen MR) is 161 cm³/mol. The van der Waals surface area contributed by atoms with Crippen molar-refractivity contribution in [2.45, 2.75) is 121 Å². The number of epoxide rings is 1. The van der Waals surface area contributed by atoms with Crippen molar-refractivity contribution in [3.63, 3.8) is 0 Å². The summed E-state index contributed by atoms with van der Waals surface area (Å²) in [6.07, 6.45) is -1.27. The molecule has 0 amide bonds. The van der Waals surface area contributed by atoms with Crippen LogP contribution in [0.25, 0.3) is 0 Å². The lowest BCUT2D eigenvalue weighted by Gasteiger charge is -2.54. The summed E-state index contributed by atoms with van der Waals surface area (Å²) in [6, 6.07) is 7.52. The van der Waals surface area contributed by atoms with Crippen molar-refractivity contribution in [2.24, 2.45) is 22.7 Å². The summed E-state index contributed by atoms with van der Waals surface area (Å²) in [7, 11) is -0.764. The Labute approximate surface area is 251 Å². The van der Waals surface area contributed by atoms with Crippen LogP contribution in [-0.4, -0.2) is 73.3 Å². The topological polar surface area (TPSA) is 115 Å². The first-order valence-electron chi connectivity index (χ1n) is 15.4. The van der Waals surface area contributed by atoms with E-state index in [9.17, 15) is 15.0 Å². The molecular formula is C33H50O8Si. The number of ketones is 2. The Kier molecular flexibility index (Phi) is 7.73. The van der Waals surface area contributed by atoms with Gasteiger partial charge in [-0.25, -0.2) is 0 Å². The van der Waals surface area contributed by atoms with Crippen LogP contribution in [0, 0.1) is 22.7 Å². The maximum atomic E-state index is 15.3. The third-order valence-electron chi connectivity index (χ3n) is 12.0. The summed E-state index contributed by atoms with van der Waals surface area (Å²) in [4.78, 5) is 29.5. The Hall–Kier alpha value is -1.62. The molecule has 42 heavy (non-hydrogen) atoms. The number of ether oxygens (including phenoxy) is 3. The van der Waals surface area contributed by atoms with E-state index in [0.717, 1.165) is 11.3 Å². The molecule has 0 unspecified atom stereocenters. The molecule has 1 spiro atoms. The van der Waals surface area contributed by atoms with E-state index in [1.165, 1.54) is 0 Å². The zero-order chi connectivity index (χ0) is 31.1. The lowest BCUT2D eigenvalue weighted by molar-refractivity contribution is -0.177. The van der Waals surface area contributed by atoms with E-state index in [4.69, 9.17) is 18.6 Å².